The Bertz CT molecular complexity index is 490. The van der Waals surface area contributed by atoms with E-state index in [4.69, 9.17) is 15.9 Å². The molecule has 0 saturated carbocycles. The average Bonchev–Trinajstić information content (AvgIpc) is 2.41. The van der Waals surface area contributed by atoms with E-state index in [1.165, 1.54) is 0 Å². The van der Waals surface area contributed by atoms with E-state index < -0.39 is 11.7 Å². The van der Waals surface area contributed by atoms with Crippen LogP contribution in [0.5, 0.6) is 0 Å². The van der Waals surface area contributed by atoms with Gasteiger partial charge in [-0.2, -0.15) is 0 Å². The van der Waals surface area contributed by atoms with Gasteiger partial charge in [0.15, 0.2) is 5.79 Å². The minimum absolute atomic E-state index is 0.276. The lowest BCUT2D eigenvalue weighted by Gasteiger charge is -2.41. The van der Waals surface area contributed by atoms with Crippen molar-refractivity contribution in [2.45, 2.75) is 31.8 Å². The van der Waals surface area contributed by atoms with E-state index >= 15 is 0 Å². The first kappa shape index (κ1) is 13.6. The number of rotatable bonds is 2. The molecule has 0 aromatic heterocycles. The third-order valence-electron chi connectivity index (χ3n) is 2.96. The second kappa shape index (κ2) is 5.43. The van der Waals surface area contributed by atoms with Crippen molar-refractivity contribution in [3.05, 3.63) is 35.9 Å². The molecule has 1 amide bonds. The SMILES string of the molecule is C#CC(=O)NC1COC(C)(C)OC1c1ccccc1. The summed E-state index contributed by atoms with van der Waals surface area (Å²) in [5.74, 6) is 0.901. The van der Waals surface area contributed by atoms with Crippen LogP contribution < -0.4 is 5.32 Å². The van der Waals surface area contributed by atoms with Gasteiger partial charge in [-0.15, -0.1) is 6.42 Å². The Morgan fingerprint density at radius 2 is 2.11 bits per heavy atom. The highest BCUT2D eigenvalue weighted by Gasteiger charge is 2.37. The molecule has 1 heterocycles. The van der Waals surface area contributed by atoms with Crippen LogP contribution in [-0.4, -0.2) is 24.3 Å². The number of hydrogen-bond acceptors (Lipinski definition) is 3. The van der Waals surface area contributed by atoms with Crippen molar-refractivity contribution < 1.29 is 14.3 Å². The lowest BCUT2D eigenvalue weighted by Crippen LogP contribution is -2.51. The summed E-state index contributed by atoms with van der Waals surface area (Å²) in [6.45, 7) is 4.06. The molecule has 2 rings (SSSR count). The molecule has 0 spiro atoms. The highest BCUT2D eigenvalue weighted by molar-refractivity contribution is 5.93. The third kappa shape index (κ3) is 3.34. The fraction of sp³-hybridized carbons (Fsp3) is 0.400. The van der Waals surface area contributed by atoms with Crippen LogP contribution in [0, 0.1) is 12.3 Å². The van der Waals surface area contributed by atoms with Gasteiger partial charge in [0, 0.05) is 0 Å². The zero-order valence-corrected chi connectivity index (χ0v) is 11.1. The predicted molar refractivity (Wildman–Crippen MR) is 71.1 cm³/mol. The number of carbonyl (C=O) groups excluding carboxylic acids is 1. The first-order valence-corrected chi connectivity index (χ1v) is 6.16. The van der Waals surface area contributed by atoms with Gasteiger partial charge < -0.3 is 14.8 Å². The Kier molecular flexibility index (Phi) is 3.89. The van der Waals surface area contributed by atoms with E-state index in [1.807, 2.05) is 50.1 Å². The second-order valence-corrected chi connectivity index (χ2v) is 4.88. The van der Waals surface area contributed by atoms with Crippen LogP contribution in [0.4, 0.5) is 0 Å². The summed E-state index contributed by atoms with van der Waals surface area (Å²) in [6.07, 6.45) is 4.81. The maximum atomic E-state index is 11.4. The molecule has 19 heavy (non-hydrogen) atoms. The van der Waals surface area contributed by atoms with Crippen LogP contribution in [0.1, 0.15) is 25.5 Å². The quantitative estimate of drug-likeness (QED) is 0.821. The van der Waals surface area contributed by atoms with Gasteiger partial charge in [0.05, 0.1) is 12.6 Å². The Labute approximate surface area is 113 Å². The molecule has 1 aliphatic rings. The number of carbonyl (C=O) groups is 1. The molecule has 2 atom stereocenters. The van der Waals surface area contributed by atoms with Crippen LogP contribution in [0.2, 0.25) is 0 Å². The smallest absolute Gasteiger partial charge is 0.296 e. The molecule has 1 aromatic rings. The van der Waals surface area contributed by atoms with E-state index in [1.54, 1.807) is 0 Å². The Hall–Kier alpha value is -1.83. The van der Waals surface area contributed by atoms with Crippen molar-refractivity contribution >= 4 is 5.91 Å². The largest absolute Gasteiger partial charge is 0.348 e. The fourth-order valence-electron chi connectivity index (χ4n) is 2.07. The topological polar surface area (TPSA) is 47.6 Å². The standard InChI is InChI=1S/C15H17NO3/c1-4-13(17)16-12-10-18-15(2,3)19-14(12)11-8-6-5-7-9-11/h1,5-9,12,14H,10H2,2-3H3,(H,16,17). The number of amides is 1. The van der Waals surface area contributed by atoms with Crippen molar-refractivity contribution in [3.63, 3.8) is 0 Å². The van der Waals surface area contributed by atoms with Crippen LogP contribution >= 0.6 is 0 Å². The minimum Gasteiger partial charge on any atom is -0.348 e. The van der Waals surface area contributed by atoms with Crippen LogP contribution in [0.15, 0.2) is 30.3 Å². The predicted octanol–water partition coefficient (Wildman–Crippen LogP) is 1.63. The van der Waals surface area contributed by atoms with Crippen molar-refractivity contribution in [2.75, 3.05) is 6.61 Å². The molecule has 0 aliphatic carbocycles. The first-order chi connectivity index (χ1) is 9.02. The monoisotopic (exact) mass is 259 g/mol. The molecule has 4 nitrogen and oxygen atoms in total. The van der Waals surface area contributed by atoms with Gasteiger partial charge in [0.1, 0.15) is 6.10 Å². The molecule has 4 heteroatoms. The van der Waals surface area contributed by atoms with Gasteiger partial charge in [-0.05, 0) is 25.3 Å². The number of hydrogen-bond donors (Lipinski definition) is 1. The van der Waals surface area contributed by atoms with Gasteiger partial charge in [0.2, 0.25) is 0 Å². The molecular formula is C15H17NO3. The van der Waals surface area contributed by atoms with E-state index in [9.17, 15) is 4.79 Å². The van der Waals surface area contributed by atoms with Crippen LogP contribution in [-0.2, 0) is 14.3 Å². The number of ether oxygens (including phenoxy) is 2. The van der Waals surface area contributed by atoms with Gasteiger partial charge in [-0.1, -0.05) is 30.3 Å². The molecule has 100 valence electrons. The lowest BCUT2D eigenvalue weighted by molar-refractivity contribution is -0.284. The van der Waals surface area contributed by atoms with Crippen molar-refractivity contribution in [3.8, 4) is 12.3 Å². The second-order valence-electron chi connectivity index (χ2n) is 4.88. The van der Waals surface area contributed by atoms with E-state index in [2.05, 4.69) is 5.32 Å². The molecule has 2 unspecified atom stereocenters. The first-order valence-electron chi connectivity index (χ1n) is 6.16. The van der Waals surface area contributed by atoms with Gasteiger partial charge in [-0.3, -0.25) is 4.79 Å². The molecule has 1 saturated heterocycles. The normalized spacial score (nSPS) is 25.3. The number of terminal acetylenes is 1. The summed E-state index contributed by atoms with van der Waals surface area (Å²) in [6, 6.07) is 9.42. The minimum atomic E-state index is -0.683. The van der Waals surface area contributed by atoms with Gasteiger partial charge >= 0.3 is 0 Å². The Balaban J connectivity index is 2.22. The fourth-order valence-corrected chi connectivity index (χ4v) is 2.07. The summed E-state index contributed by atoms with van der Waals surface area (Å²) in [5.41, 5.74) is 0.987. The van der Waals surface area contributed by atoms with Gasteiger partial charge in [-0.25, -0.2) is 0 Å². The van der Waals surface area contributed by atoms with E-state index in [0.717, 1.165) is 5.56 Å². The summed E-state index contributed by atoms with van der Waals surface area (Å²) in [5, 5.41) is 2.73. The zero-order valence-electron chi connectivity index (χ0n) is 11.1. The highest BCUT2D eigenvalue weighted by Crippen LogP contribution is 2.32. The molecule has 1 aromatic carbocycles. The molecule has 0 radical (unpaired) electrons. The number of nitrogens with one attached hydrogen (secondary N) is 1. The third-order valence-corrected chi connectivity index (χ3v) is 2.96. The molecule has 1 N–H and O–H groups in total. The molecular weight excluding hydrogens is 242 g/mol. The van der Waals surface area contributed by atoms with Crippen molar-refractivity contribution in [1.29, 1.82) is 0 Å². The maximum Gasteiger partial charge on any atom is 0.296 e. The van der Waals surface area contributed by atoms with Crippen LogP contribution in [0.3, 0.4) is 0 Å². The maximum absolute atomic E-state index is 11.4. The average molecular weight is 259 g/mol. The van der Waals surface area contributed by atoms with E-state index in [0.29, 0.717) is 6.61 Å². The van der Waals surface area contributed by atoms with Crippen LogP contribution in [0.25, 0.3) is 0 Å². The van der Waals surface area contributed by atoms with Gasteiger partial charge in [0.25, 0.3) is 5.91 Å². The van der Waals surface area contributed by atoms with Crippen molar-refractivity contribution in [1.82, 2.24) is 5.32 Å². The van der Waals surface area contributed by atoms with Crippen molar-refractivity contribution in [2.24, 2.45) is 0 Å². The summed E-state index contributed by atoms with van der Waals surface area (Å²) in [4.78, 5) is 11.4. The number of benzene rings is 1. The summed E-state index contributed by atoms with van der Waals surface area (Å²) in [7, 11) is 0. The summed E-state index contributed by atoms with van der Waals surface area (Å²) >= 11 is 0. The molecule has 0 bridgehead atoms. The molecule has 1 aliphatic heterocycles. The zero-order chi connectivity index (χ0) is 13.9. The Morgan fingerprint density at radius 3 is 2.74 bits per heavy atom. The lowest BCUT2D eigenvalue weighted by atomic mass is 10.0. The van der Waals surface area contributed by atoms with E-state index in [-0.39, 0.29) is 12.1 Å². The Morgan fingerprint density at radius 1 is 1.42 bits per heavy atom. The highest BCUT2D eigenvalue weighted by atomic mass is 16.7. The summed E-state index contributed by atoms with van der Waals surface area (Å²) < 4.78 is 11.5. The molecule has 1 fully saturated rings.